The molecule has 0 unspecified atom stereocenters. The van der Waals surface area contributed by atoms with Crippen LogP contribution in [-0.2, 0) is 27.8 Å². The van der Waals surface area contributed by atoms with Crippen molar-refractivity contribution in [3.63, 3.8) is 0 Å². The van der Waals surface area contributed by atoms with E-state index in [0.29, 0.717) is 38.0 Å². The van der Waals surface area contributed by atoms with Crippen molar-refractivity contribution in [3.05, 3.63) is 51.9 Å². The second kappa shape index (κ2) is 8.27. The summed E-state index contributed by atoms with van der Waals surface area (Å²) in [4.78, 5) is 29.1. The van der Waals surface area contributed by atoms with Gasteiger partial charge >= 0.3 is 0 Å². The molecule has 4 rings (SSSR count). The smallest absolute Gasteiger partial charge is 0.267 e. The maximum atomic E-state index is 12.6. The number of amides is 1. The maximum absolute atomic E-state index is 12.6. The minimum atomic E-state index is -3.55. The Morgan fingerprint density at radius 3 is 2.62 bits per heavy atom. The molecule has 11 heteroatoms. The van der Waals surface area contributed by atoms with Gasteiger partial charge in [0.15, 0.2) is 5.16 Å². The van der Waals surface area contributed by atoms with Crippen molar-refractivity contribution in [1.29, 1.82) is 0 Å². The summed E-state index contributed by atoms with van der Waals surface area (Å²) in [6, 6.07) is 6.35. The summed E-state index contributed by atoms with van der Waals surface area (Å²) in [6.45, 7) is 2.17. The molecule has 154 valence electrons. The number of aromatic nitrogens is 2. The Morgan fingerprint density at radius 1 is 1.17 bits per heavy atom. The first-order chi connectivity index (χ1) is 14.0. The first-order valence-corrected chi connectivity index (χ1v) is 11.6. The van der Waals surface area contributed by atoms with E-state index >= 15 is 0 Å². The third-order valence-electron chi connectivity index (χ3n) is 4.79. The van der Waals surface area contributed by atoms with Gasteiger partial charge in [0, 0.05) is 38.1 Å². The summed E-state index contributed by atoms with van der Waals surface area (Å²) >= 11 is 1.49. The molecule has 0 atom stereocenters. The number of rotatable bonds is 5. The number of nitrogens with zero attached hydrogens (tertiary/aromatic N) is 3. The normalized spacial score (nSPS) is 17.1. The molecule has 2 aliphatic heterocycles. The van der Waals surface area contributed by atoms with Crippen LogP contribution in [0, 0.1) is 0 Å². The summed E-state index contributed by atoms with van der Waals surface area (Å²) in [5.41, 5.74) is 0.385. The molecule has 0 aliphatic carbocycles. The molecule has 2 aliphatic rings. The maximum Gasteiger partial charge on any atom is 0.267 e. The van der Waals surface area contributed by atoms with Gasteiger partial charge in [0.05, 0.1) is 18.1 Å². The molecular weight excluding hydrogens is 416 g/mol. The number of carbonyl (C=O) groups excluding carboxylic acids is 1. The average molecular weight is 437 g/mol. The SMILES string of the molecule is O=C(NCc1ccc(S(=O)(=O)N2CCOCC2)cc1)c1cnc2n(c1=O)CCS2. The molecule has 1 N–H and O–H groups in total. The Kier molecular flexibility index (Phi) is 5.72. The lowest BCUT2D eigenvalue weighted by molar-refractivity contribution is 0.0730. The number of thioether (sulfide) groups is 1. The van der Waals surface area contributed by atoms with Crippen molar-refractivity contribution in [1.82, 2.24) is 19.2 Å². The van der Waals surface area contributed by atoms with Crippen LogP contribution >= 0.6 is 11.8 Å². The highest BCUT2D eigenvalue weighted by Crippen LogP contribution is 2.20. The van der Waals surface area contributed by atoms with Crippen molar-refractivity contribution < 1.29 is 17.9 Å². The summed E-state index contributed by atoms with van der Waals surface area (Å²) in [7, 11) is -3.55. The zero-order valence-corrected chi connectivity index (χ0v) is 17.2. The molecule has 1 amide bonds. The van der Waals surface area contributed by atoms with Crippen LogP contribution in [0.3, 0.4) is 0 Å². The van der Waals surface area contributed by atoms with E-state index in [4.69, 9.17) is 4.74 Å². The summed E-state index contributed by atoms with van der Waals surface area (Å²) in [6.07, 6.45) is 1.31. The number of sulfonamides is 1. The second-order valence-electron chi connectivity index (χ2n) is 6.60. The fourth-order valence-electron chi connectivity index (χ4n) is 3.17. The van der Waals surface area contributed by atoms with Crippen LogP contribution in [-0.4, -0.2) is 60.2 Å². The largest absolute Gasteiger partial charge is 0.379 e. The van der Waals surface area contributed by atoms with Gasteiger partial charge in [0.1, 0.15) is 5.56 Å². The molecule has 0 bridgehead atoms. The lowest BCUT2D eigenvalue weighted by Crippen LogP contribution is -2.40. The predicted octanol–water partition coefficient (Wildman–Crippen LogP) is 0.300. The van der Waals surface area contributed by atoms with E-state index in [-0.39, 0.29) is 22.6 Å². The van der Waals surface area contributed by atoms with Gasteiger partial charge in [-0.1, -0.05) is 23.9 Å². The Balaban J connectivity index is 1.42. The van der Waals surface area contributed by atoms with Crippen LogP contribution < -0.4 is 10.9 Å². The lowest BCUT2D eigenvalue weighted by atomic mass is 10.2. The minimum absolute atomic E-state index is 0.00256. The number of carbonyl (C=O) groups is 1. The summed E-state index contributed by atoms with van der Waals surface area (Å²) < 4.78 is 33.4. The van der Waals surface area contributed by atoms with Crippen molar-refractivity contribution in [3.8, 4) is 0 Å². The van der Waals surface area contributed by atoms with Crippen LogP contribution in [0.15, 0.2) is 45.3 Å². The first-order valence-electron chi connectivity index (χ1n) is 9.14. The molecule has 0 radical (unpaired) electrons. The Bertz CT molecular complexity index is 1080. The molecule has 9 nitrogen and oxygen atoms in total. The van der Waals surface area contributed by atoms with Crippen molar-refractivity contribution >= 4 is 27.7 Å². The Labute approximate surface area is 172 Å². The average Bonchev–Trinajstić information content (AvgIpc) is 3.23. The second-order valence-corrected chi connectivity index (χ2v) is 9.60. The topological polar surface area (TPSA) is 111 Å². The monoisotopic (exact) mass is 436 g/mol. The molecule has 3 heterocycles. The van der Waals surface area contributed by atoms with Gasteiger partial charge in [-0.15, -0.1) is 0 Å². The first kappa shape index (κ1) is 20.1. The number of hydrogen-bond donors (Lipinski definition) is 1. The molecule has 0 saturated carbocycles. The van der Waals surface area contributed by atoms with Gasteiger partial charge in [-0.3, -0.25) is 14.2 Å². The predicted molar refractivity (Wildman–Crippen MR) is 106 cm³/mol. The van der Waals surface area contributed by atoms with E-state index < -0.39 is 15.9 Å². The van der Waals surface area contributed by atoms with E-state index in [2.05, 4.69) is 10.3 Å². The fourth-order valence-corrected chi connectivity index (χ4v) is 5.49. The van der Waals surface area contributed by atoms with Crippen LogP contribution in [0.2, 0.25) is 0 Å². The lowest BCUT2D eigenvalue weighted by Gasteiger charge is -2.26. The van der Waals surface area contributed by atoms with Crippen LogP contribution in [0.1, 0.15) is 15.9 Å². The summed E-state index contributed by atoms with van der Waals surface area (Å²) in [5.74, 6) is 0.271. The Hall–Kier alpha value is -2.21. The third kappa shape index (κ3) is 4.08. The number of ether oxygens (including phenoxy) is 1. The number of fused-ring (bicyclic) bond motifs is 1. The minimum Gasteiger partial charge on any atom is -0.379 e. The van der Waals surface area contributed by atoms with Crippen molar-refractivity contribution in [2.45, 2.75) is 23.1 Å². The van der Waals surface area contributed by atoms with Gasteiger partial charge < -0.3 is 10.1 Å². The van der Waals surface area contributed by atoms with E-state index in [9.17, 15) is 18.0 Å². The van der Waals surface area contributed by atoms with Gasteiger partial charge in [0.2, 0.25) is 10.0 Å². The van der Waals surface area contributed by atoms with Gasteiger partial charge in [-0.25, -0.2) is 13.4 Å². The van der Waals surface area contributed by atoms with E-state index in [0.717, 1.165) is 11.3 Å². The van der Waals surface area contributed by atoms with Crippen molar-refractivity contribution in [2.24, 2.45) is 0 Å². The van der Waals surface area contributed by atoms with E-state index in [1.54, 1.807) is 12.1 Å². The highest BCUT2D eigenvalue weighted by Gasteiger charge is 2.26. The highest BCUT2D eigenvalue weighted by molar-refractivity contribution is 7.99. The molecule has 1 saturated heterocycles. The Morgan fingerprint density at radius 2 is 1.90 bits per heavy atom. The number of benzene rings is 1. The standard InChI is InChI=1S/C18H20N4O5S2/c23-16(15-12-20-18-22(17(15)24)7-10-28-18)19-11-13-1-3-14(4-2-13)29(25,26)21-5-8-27-9-6-21/h1-4,12H,5-11H2,(H,19,23). The zero-order chi connectivity index (χ0) is 20.4. The molecule has 29 heavy (non-hydrogen) atoms. The molecule has 0 spiro atoms. The van der Waals surface area contributed by atoms with Gasteiger partial charge in [0.25, 0.3) is 11.5 Å². The van der Waals surface area contributed by atoms with Crippen LogP contribution in [0.25, 0.3) is 0 Å². The zero-order valence-electron chi connectivity index (χ0n) is 15.5. The number of nitrogens with one attached hydrogen (secondary N) is 1. The van der Waals surface area contributed by atoms with Crippen molar-refractivity contribution in [2.75, 3.05) is 32.1 Å². The quantitative estimate of drug-likeness (QED) is 0.671. The molecule has 2 aromatic rings. The van der Waals surface area contributed by atoms with Crippen LogP contribution in [0.4, 0.5) is 0 Å². The fraction of sp³-hybridized carbons (Fsp3) is 0.389. The highest BCUT2D eigenvalue weighted by atomic mass is 32.2. The molecule has 1 aromatic heterocycles. The molecule has 1 fully saturated rings. The van der Waals surface area contributed by atoms with E-state index in [1.807, 2.05) is 0 Å². The molecular formula is C18H20N4O5S2. The van der Waals surface area contributed by atoms with Gasteiger partial charge in [-0.2, -0.15) is 4.31 Å². The van der Waals surface area contributed by atoms with Crippen LogP contribution in [0.5, 0.6) is 0 Å². The molecule has 1 aromatic carbocycles. The third-order valence-corrected chi connectivity index (χ3v) is 7.67. The van der Waals surface area contributed by atoms with Gasteiger partial charge in [-0.05, 0) is 17.7 Å². The number of hydrogen-bond acceptors (Lipinski definition) is 7. The summed E-state index contributed by atoms with van der Waals surface area (Å²) in [5, 5.41) is 3.32. The number of morpholine rings is 1. The van der Waals surface area contributed by atoms with E-state index in [1.165, 1.54) is 39.0 Å².